The quantitative estimate of drug-likeness (QED) is 0.740. The van der Waals surface area contributed by atoms with Gasteiger partial charge in [-0.25, -0.2) is 4.39 Å². The molecule has 0 aliphatic carbocycles. The fourth-order valence-corrected chi connectivity index (χ4v) is 2.30. The number of aliphatic hydroxyl groups excluding tert-OH is 1. The summed E-state index contributed by atoms with van der Waals surface area (Å²) in [5, 5.41) is 9.18. The molecule has 1 aliphatic heterocycles. The Bertz CT molecular complexity index is 312. The van der Waals surface area contributed by atoms with Gasteiger partial charge in [-0.2, -0.15) is 0 Å². The topological polar surface area (TPSA) is 24.7 Å². The third-order valence-electron chi connectivity index (χ3n) is 3.19. The Morgan fingerprint density at radius 3 is 2.73 bits per heavy atom. The molecule has 1 saturated heterocycles. The van der Waals surface area contributed by atoms with E-state index < -0.39 is 0 Å². The average molecular weight is 210 g/mol. The van der Waals surface area contributed by atoms with Gasteiger partial charge in [0.25, 0.3) is 0 Å². The summed E-state index contributed by atoms with van der Waals surface area (Å²) in [4.78, 5) is 1.42. The van der Waals surface area contributed by atoms with E-state index in [1.165, 1.54) is 23.5 Å². The van der Waals surface area contributed by atoms with Gasteiger partial charge in [-0.3, -0.25) is 0 Å². The first-order chi connectivity index (χ1) is 7.29. The first-order valence-corrected chi connectivity index (χ1v) is 5.49. The second-order valence-corrected chi connectivity index (χ2v) is 4.23. The molecule has 2 rings (SSSR count). The maximum Gasteiger partial charge on any atom is 0.123 e. The highest BCUT2D eigenvalue weighted by molar-refractivity contribution is 5.14. The molecule has 0 radical (unpaired) electrons. The van der Waals surface area contributed by atoms with Crippen molar-refractivity contribution in [1.29, 1.82) is 0 Å². The number of quaternary nitrogens is 1. The molecule has 1 heterocycles. The van der Waals surface area contributed by atoms with E-state index in [1.807, 2.05) is 12.1 Å². The Labute approximate surface area is 89.3 Å². The molecule has 2 N–H and O–H groups in total. The SMILES string of the molecule is OC[C@H]1CCC[NH+]1Cc1ccc(F)cc1. The molecule has 0 saturated carbocycles. The second-order valence-electron chi connectivity index (χ2n) is 4.23. The molecule has 1 aliphatic rings. The number of halogens is 1. The van der Waals surface area contributed by atoms with Crippen molar-refractivity contribution < 1.29 is 14.4 Å². The maximum atomic E-state index is 12.7. The van der Waals surface area contributed by atoms with Crippen LogP contribution in [0.2, 0.25) is 0 Å². The maximum absolute atomic E-state index is 12.7. The van der Waals surface area contributed by atoms with Gasteiger partial charge in [-0.15, -0.1) is 0 Å². The van der Waals surface area contributed by atoms with Crippen molar-refractivity contribution in [3.05, 3.63) is 35.6 Å². The summed E-state index contributed by atoms with van der Waals surface area (Å²) in [5.41, 5.74) is 1.15. The van der Waals surface area contributed by atoms with Gasteiger partial charge in [0.05, 0.1) is 13.2 Å². The number of aliphatic hydroxyl groups is 1. The molecule has 2 atom stereocenters. The number of nitrogens with one attached hydrogen (secondary N) is 1. The van der Waals surface area contributed by atoms with Crippen molar-refractivity contribution in [2.75, 3.05) is 13.2 Å². The van der Waals surface area contributed by atoms with E-state index in [4.69, 9.17) is 0 Å². The fraction of sp³-hybridized carbons (Fsp3) is 0.500. The van der Waals surface area contributed by atoms with E-state index in [-0.39, 0.29) is 12.4 Å². The Morgan fingerprint density at radius 2 is 2.07 bits per heavy atom. The normalized spacial score (nSPS) is 25.7. The Kier molecular flexibility index (Phi) is 3.34. The van der Waals surface area contributed by atoms with Crippen LogP contribution in [-0.2, 0) is 6.54 Å². The van der Waals surface area contributed by atoms with Crippen LogP contribution in [0.5, 0.6) is 0 Å². The summed E-state index contributed by atoms with van der Waals surface area (Å²) in [6.45, 7) is 2.27. The lowest BCUT2D eigenvalue weighted by Crippen LogP contribution is -3.12. The van der Waals surface area contributed by atoms with Gasteiger partial charge in [0.1, 0.15) is 18.4 Å². The molecular weight excluding hydrogens is 193 g/mol. The Morgan fingerprint density at radius 1 is 1.33 bits per heavy atom. The second kappa shape index (κ2) is 4.73. The van der Waals surface area contributed by atoms with Gasteiger partial charge in [-0.1, -0.05) is 12.1 Å². The minimum atomic E-state index is -0.186. The first kappa shape index (κ1) is 10.6. The van der Waals surface area contributed by atoms with Crippen LogP contribution in [0.1, 0.15) is 18.4 Å². The number of rotatable bonds is 3. The standard InChI is InChI=1S/C12H16FNO/c13-11-5-3-10(4-6-11)8-14-7-1-2-12(14)9-15/h3-6,12,15H,1-2,7-9H2/p+1/t12-/m1/s1. The van der Waals surface area contributed by atoms with Crippen LogP contribution in [0.15, 0.2) is 24.3 Å². The molecular formula is C12H17FNO+. The molecule has 1 unspecified atom stereocenters. The number of benzene rings is 1. The van der Waals surface area contributed by atoms with E-state index in [2.05, 4.69) is 0 Å². The summed E-state index contributed by atoms with van der Waals surface area (Å²) in [6, 6.07) is 7.02. The molecule has 1 aromatic rings. The molecule has 0 amide bonds. The van der Waals surface area contributed by atoms with Gasteiger partial charge in [0.15, 0.2) is 0 Å². The largest absolute Gasteiger partial charge is 0.390 e. The van der Waals surface area contributed by atoms with E-state index in [0.29, 0.717) is 6.04 Å². The molecule has 15 heavy (non-hydrogen) atoms. The zero-order valence-electron chi connectivity index (χ0n) is 8.75. The zero-order valence-corrected chi connectivity index (χ0v) is 8.75. The van der Waals surface area contributed by atoms with Crippen LogP contribution >= 0.6 is 0 Å². The van der Waals surface area contributed by atoms with Gasteiger partial charge >= 0.3 is 0 Å². The molecule has 0 bridgehead atoms. The molecule has 2 nitrogen and oxygen atoms in total. The van der Waals surface area contributed by atoms with Gasteiger partial charge in [-0.05, 0) is 12.1 Å². The molecule has 1 fully saturated rings. The molecule has 3 heteroatoms. The van der Waals surface area contributed by atoms with E-state index in [1.54, 1.807) is 0 Å². The van der Waals surface area contributed by atoms with Crippen LogP contribution in [0.3, 0.4) is 0 Å². The predicted molar refractivity (Wildman–Crippen MR) is 56.0 cm³/mol. The summed E-state index contributed by atoms with van der Waals surface area (Å²) in [5.74, 6) is -0.186. The van der Waals surface area contributed by atoms with E-state index >= 15 is 0 Å². The third-order valence-corrected chi connectivity index (χ3v) is 3.19. The molecule has 1 aromatic carbocycles. The summed E-state index contributed by atoms with van der Waals surface area (Å²) in [6.07, 6.45) is 2.29. The van der Waals surface area contributed by atoms with Crippen molar-refractivity contribution >= 4 is 0 Å². The van der Waals surface area contributed by atoms with Crippen LogP contribution in [0.25, 0.3) is 0 Å². The first-order valence-electron chi connectivity index (χ1n) is 5.49. The molecule has 0 spiro atoms. The number of hydrogen-bond donors (Lipinski definition) is 2. The highest BCUT2D eigenvalue weighted by Gasteiger charge is 2.27. The van der Waals surface area contributed by atoms with Crippen LogP contribution < -0.4 is 4.90 Å². The molecule has 0 aromatic heterocycles. The van der Waals surface area contributed by atoms with Crippen LogP contribution in [0.4, 0.5) is 4.39 Å². The zero-order chi connectivity index (χ0) is 10.7. The lowest BCUT2D eigenvalue weighted by Gasteiger charge is -2.19. The van der Waals surface area contributed by atoms with Crippen LogP contribution in [-0.4, -0.2) is 24.3 Å². The van der Waals surface area contributed by atoms with Crippen molar-refractivity contribution in [2.45, 2.75) is 25.4 Å². The van der Waals surface area contributed by atoms with Crippen molar-refractivity contribution in [3.8, 4) is 0 Å². The van der Waals surface area contributed by atoms with E-state index in [9.17, 15) is 9.50 Å². The van der Waals surface area contributed by atoms with Gasteiger partial charge in [0.2, 0.25) is 0 Å². The van der Waals surface area contributed by atoms with Gasteiger partial charge < -0.3 is 10.0 Å². The fourth-order valence-electron chi connectivity index (χ4n) is 2.30. The summed E-state index contributed by atoms with van der Waals surface area (Å²) in [7, 11) is 0. The highest BCUT2D eigenvalue weighted by Crippen LogP contribution is 2.04. The minimum Gasteiger partial charge on any atom is -0.390 e. The summed E-state index contributed by atoms with van der Waals surface area (Å²) >= 11 is 0. The Hall–Kier alpha value is -0.930. The number of hydrogen-bond acceptors (Lipinski definition) is 1. The predicted octanol–water partition coefficient (Wildman–Crippen LogP) is 0.365. The lowest BCUT2D eigenvalue weighted by atomic mass is 10.2. The third kappa shape index (κ3) is 2.55. The monoisotopic (exact) mass is 210 g/mol. The lowest BCUT2D eigenvalue weighted by molar-refractivity contribution is -0.926. The smallest absolute Gasteiger partial charge is 0.123 e. The average Bonchev–Trinajstić information content (AvgIpc) is 2.69. The van der Waals surface area contributed by atoms with Crippen molar-refractivity contribution in [3.63, 3.8) is 0 Å². The van der Waals surface area contributed by atoms with Crippen molar-refractivity contribution in [2.24, 2.45) is 0 Å². The van der Waals surface area contributed by atoms with Crippen molar-refractivity contribution in [1.82, 2.24) is 0 Å². The minimum absolute atomic E-state index is 0.186. The van der Waals surface area contributed by atoms with E-state index in [0.717, 1.165) is 25.1 Å². The number of likely N-dealkylation sites (tertiary alicyclic amines) is 1. The van der Waals surface area contributed by atoms with Crippen LogP contribution in [0, 0.1) is 5.82 Å². The highest BCUT2D eigenvalue weighted by atomic mass is 19.1. The molecule has 82 valence electrons. The Balaban J connectivity index is 1.99. The summed E-state index contributed by atoms with van der Waals surface area (Å²) < 4.78 is 12.7. The van der Waals surface area contributed by atoms with Gasteiger partial charge in [0, 0.05) is 18.4 Å².